The van der Waals surface area contributed by atoms with Crippen LogP contribution in [0.1, 0.15) is 49.6 Å². The molecule has 10 heteroatoms. The number of aryl methyl sites for hydroxylation is 1. The van der Waals surface area contributed by atoms with E-state index in [9.17, 15) is 22.7 Å². The van der Waals surface area contributed by atoms with E-state index in [0.717, 1.165) is 6.07 Å². The van der Waals surface area contributed by atoms with Crippen molar-refractivity contribution in [3.63, 3.8) is 0 Å². The first-order valence-electron chi connectivity index (χ1n) is 9.12. The normalized spacial score (nSPS) is 13.7. The Morgan fingerprint density at radius 2 is 1.86 bits per heavy atom. The third-order valence-electron chi connectivity index (χ3n) is 5.07. The van der Waals surface area contributed by atoms with Gasteiger partial charge in [0.1, 0.15) is 18.0 Å². The van der Waals surface area contributed by atoms with Gasteiger partial charge >= 0.3 is 6.18 Å². The van der Waals surface area contributed by atoms with E-state index in [-0.39, 0.29) is 18.4 Å². The van der Waals surface area contributed by atoms with Crippen molar-refractivity contribution in [3.8, 4) is 0 Å². The molecule has 156 valence electrons. The van der Waals surface area contributed by atoms with Crippen LogP contribution in [0.3, 0.4) is 0 Å². The molecule has 3 rings (SSSR count). The van der Waals surface area contributed by atoms with Crippen LogP contribution in [0, 0.1) is 12.7 Å². The number of hydrogen-bond donors (Lipinski definition) is 2. The monoisotopic (exact) mass is 411 g/mol. The number of anilines is 1. The van der Waals surface area contributed by atoms with Gasteiger partial charge in [0.2, 0.25) is 0 Å². The smallest absolute Gasteiger partial charge is 0.387 e. The first-order chi connectivity index (χ1) is 13.6. The molecule has 0 bridgehead atoms. The summed E-state index contributed by atoms with van der Waals surface area (Å²) in [6, 6.07) is 3.44. The summed E-state index contributed by atoms with van der Waals surface area (Å²) < 4.78 is 54.5. The highest BCUT2D eigenvalue weighted by Gasteiger charge is 2.38. The average molecular weight is 411 g/mol. The van der Waals surface area contributed by atoms with Gasteiger partial charge in [-0.2, -0.15) is 27.8 Å². The van der Waals surface area contributed by atoms with Gasteiger partial charge in [-0.1, -0.05) is 19.9 Å². The molecule has 2 aromatic heterocycles. The number of benzene rings is 1. The minimum absolute atomic E-state index is 0.185. The minimum Gasteiger partial charge on any atom is -0.387 e. The lowest BCUT2D eigenvalue weighted by Gasteiger charge is -2.36. The largest absolute Gasteiger partial charge is 0.419 e. The first-order valence-corrected chi connectivity index (χ1v) is 9.12. The van der Waals surface area contributed by atoms with E-state index in [0.29, 0.717) is 23.4 Å². The minimum atomic E-state index is -4.80. The summed E-state index contributed by atoms with van der Waals surface area (Å²) in [5, 5.41) is 18.3. The van der Waals surface area contributed by atoms with Gasteiger partial charge in [-0.15, -0.1) is 0 Å². The van der Waals surface area contributed by atoms with Gasteiger partial charge in [-0.3, -0.25) is 0 Å². The maximum Gasteiger partial charge on any atom is 0.419 e. The molecule has 0 aliphatic carbocycles. The highest BCUT2D eigenvalue weighted by Crippen LogP contribution is 2.38. The Morgan fingerprint density at radius 1 is 1.17 bits per heavy atom. The van der Waals surface area contributed by atoms with Gasteiger partial charge < -0.3 is 10.4 Å². The summed E-state index contributed by atoms with van der Waals surface area (Å²) in [6.45, 7) is 5.25. The van der Waals surface area contributed by atoms with Crippen molar-refractivity contribution in [2.45, 2.75) is 51.4 Å². The zero-order valence-corrected chi connectivity index (χ0v) is 16.1. The average Bonchev–Trinajstić information content (AvgIpc) is 3.12. The second-order valence-electron chi connectivity index (χ2n) is 6.88. The number of aromatic nitrogens is 4. The van der Waals surface area contributed by atoms with Crippen molar-refractivity contribution in [1.82, 2.24) is 19.6 Å². The summed E-state index contributed by atoms with van der Waals surface area (Å²) >= 11 is 0. The summed E-state index contributed by atoms with van der Waals surface area (Å²) in [4.78, 5) is 8.26. The van der Waals surface area contributed by atoms with Crippen LogP contribution < -0.4 is 5.32 Å². The molecule has 1 unspecified atom stereocenters. The van der Waals surface area contributed by atoms with E-state index in [2.05, 4.69) is 20.4 Å². The molecular weight excluding hydrogens is 390 g/mol. The molecule has 0 radical (unpaired) electrons. The topological polar surface area (TPSA) is 75.3 Å². The number of fused-ring (bicyclic) bond motifs is 1. The molecule has 0 aliphatic heterocycles. The lowest BCUT2D eigenvalue weighted by molar-refractivity contribution is -0.140. The van der Waals surface area contributed by atoms with Crippen molar-refractivity contribution in [2.75, 3.05) is 5.32 Å². The molecule has 3 aromatic rings. The molecule has 0 amide bonds. The lowest BCUT2D eigenvalue weighted by atomic mass is 9.83. The summed E-state index contributed by atoms with van der Waals surface area (Å²) in [5.41, 5.74) is -1.89. The van der Waals surface area contributed by atoms with E-state index in [1.165, 1.54) is 16.9 Å². The Bertz CT molecular complexity index is 1010. The van der Waals surface area contributed by atoms with Crippen molar-refractivity contribution in [3.05, 3.63) is 53.2 Å². The molecule has 0 aliphatic rings. The summed E-state index contributed by atoms with van der Waals surface area (Å²) in [7, 11) is 0. The Kier molecular flexibility index (Phi) is 5.48. The molecule has 1 aromatic carbocycles. The number of alkyl halides is 3. The number of aliphatic hydroxyl groups is 1. The van der Waals surface area contributed by atoms with Gasteiger partial charge in [-0.05, 0) is 37.5 Å². The number of halogens is 4. The number of rotatable bonds is 6. The Labute approximate surface area is 164 Å². The SMILES string of the molecule is CCC(O)(CC)C(Nc1cc(C)nc2ncnn12)c1ccc(C(F)(F)F)c(F)c1. The molecular formula is C19H21F4N5O. The zero-order chi connectivity index (χ0) is 21.4. The van der Waals surface area contributed by atoms with Gasteiger partial charge in [0.15, 0.2) is 0 Å². The summed E-state index contributed by atoms with van der Waals surface area (Å²) in [6.07, 6.45) is -2.92. The fourth-order valence-corrected chi connectivity index (χ4v) is 3.31. The van der Waals surface area contributed by atoms with Crippen molar-refractivity contribution >= 4 is 11.6 Å². The highest BCUT2D eigenvalue weighted by atomic mass is 19.4. The van der Waals surface area contributed by atoms with Crippen LogP contribution in [0.15, 0.2) is 30.6 Å². The van der Waals surface area contributed by atoms with Crippen LogP contribution in [0.2, 0.25) is 0 Å². The Balaban J connectivity index is 2.11. The van der Waals surface area contributed by atoms with Gasteiger partial charge in [0, 0.05) is 11.8 Å². The predicted octanol–water partition coefficient (Wildman–Crippen LogP) is 4.29. The number of nitrogens with zero attached hydrogens (tertiary/aromatic N) is 4. The van der Waals surface area contributed by atoms with Crippen molar-refractivity contribution in [2.24, 2.45) is 0 Å². The molecule has 0 spiro atoms. The molecule has 29 heavy (non-hydrogen) atoms. The molecule has 6 nitrogen and oxygen atoms in total. The maximum atomic E-state index is 14.2. The van der Waals surface area contributed by atoms with Crippen LogP contribution >= 0.6 is 0 Å². The molecule has 1 atom stereocenters. The number of nitrogens with one attached hydrogen (secondary N) is 1. The van der Waals surface area contributed by atoms with E-state index < -0.39 is 29.2 Å². The standard InChI is InChI=1S/C19H21F4N5O/c1-4-18(29,5-2)16(12-6-7-13(14(20)9-12)19(21,22)23)27-15-8-11(3)26-17-24-10-25-28(15)17/h6-10,16,27,29H,4-5H2,1-3H3. The van der Waals surface area contributed by atoms with Crippen LogP contribution in [0.4, 0.5) is 23.4 Å². The number of hydrogen-bond acceptors (Lipinski definition) is 5. The van der Waals surface area contributed by atoms with Crippen molar-refractivity contribution < 1.29 is 22.7 Å². The molecule has 2 N–H and O–H groups in total. The Morgan fingerprint density at radius 3 is 2.45 bits per heavy atom. The van der Waals surface area contributed by atoms with Gasteiger partial charge in [-0.25, -0.2) is 9.37 Å². The van der Waals surface area contributed by atoms with E-state index in [1.54, 1.807) is 26.8 Å². The van der Waals surface area contributed by atoms with Crippen LogP contribution in [0.25, 0.3) is 5.78 Å². The fourth-order valence-electron chi connectivity index (χ4n) is 3.31. The molecule has 0 saturated heterocycles. The van der Waals surface area contributed by atoms with Crippen LogP contribution in [-0.2, 0) is 6.18 Å². The first kappa shape index (κ1) is 21.0. The highest BCUT2D eigenvalue weighted by molar-refractivity contribution is 5.48. The maximum absolute atomic E-state index is 14.2. The van der Waals surface area contributed by atoms with E-state index >= 15 is 0 Å². The zero-order valence-electron chi connectivity index (χ0n) is 16.1. The van der Waals surface area contributed by atoms with E-state index in [4.69, 9.17) is 0 Å². The second-order valence-corrected chi connectivity index (χ2v) is 6.88. The molecule has 2 heterocycles. The van der Waals surface area contributed by atoms with Crippen LogP contribution in [-0.4, -0.2) is 30.3 Å². The summed E-state index contributed by atoms with van der Waals surface area (Å²) in [5.74, 6) is -0.648. The lowest BCUT2D eigenvalue weighted by Crippen LogP contribution is -2.40. The Hall–Kier alpha value is -2.75. The predicted molar refractivity (Wildman–Crippen MR) is 98.8 cm³/mol. The third kappa shape index (κ3) is 4.02. The molecule has 0 saturated carbocycles. The van der Waals surface area contributed by atoms with E-state index in [1.807, 2.05) is 0 Å². The van der Waals surface area contributed by atoms with Crippen molar-refractivity contribution in [1.29, 1.82) is 0 Å². The third-order valence-corrected chi connectivity index (χ3v) is 5.07. The van der Waals surface area contributed by atoms with Crippen LogP contribution in [0.5, 0.6) is 0 Å². The molecule has 0 fully saturated rings. The van der Waals surface area contributed by atoms with Gasteiger partial charge in [0.25, 0.3) is 5.78 Å². The second kappa shape index (κ2) is 7.58. The van der Waals surface area contributed by atoms with Gasteiger partial charge in [0.05, 0.1) is 17.2 Å². The fraction of sp³-hybridized carbons (Fsp3) is 0.421. The quantitative estimate of drug-likeness (QED) is 0.592.